The molecule has 1 saturated heterocycles. The smallest absolute Gasteiger partial charge is 0.190 e. The van der Waals surface area contributed by atoms with Crippen LogP contribution < -0.4 is 10.6 Å². The van der Waals surface area contributed by atoms with E-state index in [0.29, 0.717) is 12.2 Å². The number of aliphatic imine (C=N–C) groups is 1. The van der Waals surface area contributed by atoms with Crippen molar-refractivity contribution in [3.05, 3.63) is 0 Å². The molecule has 118 valence electrons. The lowest BCUT2D eigenvalue weighted by atomic mass is 10.2. The molecule has 1 fully saturated rings. The van der Waals surface area contributed by atoms with Crippen LogP contribution in [0, 0.1) is 0 Å². The molecule has 0 aromatic carbocycles. The van der Waals surface area contributed by atoms with Gasteiger partial charge in [0.15, 0.2) is 5.96 Å². The minimum Gasteiger partial charge on any atom is -0.373 e. The maximum absolute atomic E-state index is 5.75. The van der Waals surface area contributed by atoms with Gasteiger partial charge in [0.25, 0.3) is 0 Å². The summed E-state index contributed by atoms with van der Waals surface area (Å²) < 4.78 is 5.75. The predicted octanol–water partition coefficient (Wildman–Crippen LogP) is 1.45. The fraction of sp³-hybridized carbons (Fsp3) is 0.933. The molecule has 0 aromatic rings. The van der Waals surface area contributed by atoms with Gasteiger partial charge in [0, 0.05) is 39.8 Å². The molecular weight excluding hydrogens is 252 g/mol. The number of ether oxygens (including phenoxy) is 1. The van der Waals surface area contributed by atoms with Gasteiger partial charge >= 0.3 is 0 Å². The van der Waals surface area contributed by atoms with Gasteiger partial charge < -0.3 is 15.4 Å². The summed E-state index contributed by atoms with van der Waals surface area (Å²) in [5, 5.41) is 6.70. The molecule has 0 amide bonds. The monoisotopic (exact) mass is 284 g/mol. The van der Waals surface area contributed by atoms with Crippen molar-refractivity contribution in [2.75, 3.05) is 39.8 Å². The van der Waals surface area contributed by atoms with Crippen molar-refractivity contribution in [2.45, 2.75) is 52.2 Å². The van der Waals surface area contributed by atoms with E-state index in [1.807, 2.05) is 7.05 Å². The van der Waals surface area contributed by atoms with Crippen LogP contribution >= 0.6 is 0 Å². The first-order chi connectivity index (χ1) is 9.65. The van der Waals surface area contributed by atoms with Crippen LogP contribution in [0.25, 0.3) is 0 Å². The third kappa shape index (κ3) is 7.10. The van der Waals surface area contributed by atoms with Gasteiger partial charge in [-0.25, -0.2) is 0 Å². The van der Waals surface area contributed by atoms with Gasteiger partial charge in [0.05, 0.1) is 12.2 Å². The molecule has 5 heteroatoms. The maximum atomic E-state index is 5.75. The number of nitrogens with zero attached hydrogens (tertiary/aromatic N) is 2. The number of hydrogen-bond donors (Lipinski definition) is 2. The summed E-state index contributed by atoms with van der Waals surface area (Å²) in [6, 6.07) is 0. The van der Waals surface area contributed by atoms with Gasteiger partial charge in [0.2, 0.25) is 0 Å². The fourth-order valence-electron chi connectivity index (χ4n) is 2.58. The molecule has 0 spiro atoms. The van der Waals surface area contributed by atoms with Gasteiger partial charge in [-0.05, 0) is 26.7 Å². The minimum absolute atomic E-state index is 0.357. The summed E-state index contributed by atoms with van der Waals surface area (Å²) in [5.41, 5.74) is 0. The van der Waals surface area contributed by atoms with Crippen LogP contribution in [0.2, 0.25) is 0 Å². The Balaban J connectivity index is 2.11. The normalized spacial score (nSPS) is 24.7. The van der Waals surface area contributed by atoms with E-state index in [2.05, 4.69) is 41.3 Å². The molecule has 0 saturated carbocycles. The zero-order chi connectivity index (χ0) is 14.8. The van der Waals surface area contributed by atoms with E-state index in [9.17, 15) is 0 Å². The molecule has 0 aromatic heterocycles. The first-order valence-corrected chi connectivity index (χ1v) is 7.98. The molecule has 1 aliphatic rings. The molecule has 2 unspecified atom stereocenters. The summed E-state index contributed by atoms with van der Waals surface area (Å²) in [6.07, 6.45) is 4.24. The molecular formula is C15H32N4O. The summed E-state index contributed by atoms with van der Waals surface area (Å²) in [5.74, 6) is 0.919. The number of guanidine groups is 1. The number of morpholine rings is 1. The highest BCUT2D eigenvalue weighted by atomic mass is 16.5. The standard InChI is InChI=1S/C15H32N4O/c1-5-6-8-17-15(16-4)18-9-7-10-19-11-13(2)20-14(3)12-19/h13-14H,5-12H2,1-4H3,(H2,16,17,18). The van der Waals surface area contributed by atoms with Crippen LogP contribution in [0.4, 0.5) is 0 Å². The first-order valence-electron chi connectivity index (χ1n) is 7.98. The van der Waals surface area contributed by atoms with Gasteiger partial charge in [-0.1, -0.05) is 13.3 Å². The molecule has 5 nitrogen and oxygen atoms in total. The zero-order valence-corrected chi connectivity index (χ0v) is 13.6. The number of rotatable bonds is 7. The van der Waals surface area contributed by atoms with E-state index in [1.54, 1.807) is 0 Å². The Bertz CT molecular complexity index is 273. The molecule has 1 heterocycles. The Morgan fingerprint density at radius 2 is 1.75 bits per heavy atom. The molecule has 0 aliphatic carbocycles. The maximum Gasteiger partial charge on any atom is 0.190 e. The van der Waals surface area contributed by atoms with E-state index in [1.165, 1.54) is 12.8 Å². The second-order valence-corrected chi connectivity index (χ2v) is 5.65. The van der Waals surface area contributed by atoms with Crippen LogP contribution in [0.3, 0.4) is 0 Å². The van der Waals surface area contributed by atoms with E-state index < -0.39 is 0 Å². The van der Waals surface area contributed by atoms with Crippen molar-refractivity contribution in [1.82, 2.24) is 15.5 Å². The van der Waals surface area contributed by atoms with E-state index in [-0.39, 0.29) is 0 Å². The number of nitrogens with one attached hydrogen (secondary N) is 2. The largest absolute Gasteiger partial charge is 0.373 e. The Morgan fingerprint density at radius 1 is 1.15 bits per heavy atom. The fourth-order valence-corrected chi connectivity index (χ4v) is 2.58. The van der Waals surface area contributed by atoms with Crippen molar-refractivity contribution in [2.24, 2.45) is 4.99 Å². The summed E-state index contributed by atoms with van der Waals surface area (Å²) in [6.45, 7) is 11.7. The number of unbranched alkanes of at least 4 members (excludes halogenated alkanes) is 1. The molecule has 1 aliphatic heterocycles. The lowest BCUT2D eigenvalue weighted by Gasteiger charge is -2.35. The molecule has 0 bridgehead atoms. The topological polar surface area (TPSA) is 48.9 Å². The Hall–Kier alpha value is -0.810. The van der Waals surface area contributed by atoms with Crippen molar-refractivity contribution < 1.29 is 4.74 Å². The van der Waals surface area contributed by atoms with Crippen molar-refractivity contribution in [1.29, 1.82) is 0 Å². The van der Waals surface area contributed by atoms with Crippen LogP contribution in [0.5, 0.6) is 0 Å². The number of hydrogen-bond acceptors (Lipinski definition) is 3. The molecule has 2 N–H and O–H groups in total. The van der Waals surface area contributed by atoms with Gasteiger partial charge in [0.1, 0.15) is 0 Å². The van der Waals surface area contributed by atoms with Crippen molar-refractivity contribution in [3.8, 4) is 0 Å². The van der Waals surface area contributed by atoms with E-state index >= 15 is 0 Å². The highest BCUT2D eigenvalue weighted by Gasteiger charge is 2.21. The zero-order valence-electron chi connectivity index (χ0n) is 13.6. The lowest BCUT2D eigenvalue weighted by Crippen LogP contribution is -2.46. The predicted molar refractivity (Wildman–Crippen MR) is 85.3 cm³/mol. The lowest BCUT2D eigenvalue weighted by molar-refractivity contribution is -0.0679. The van der Waals surface area contributed by atoms with Crippen LogP contribution in [0.1, 0.15) is 40.0 Å². The quantitative estimate of drug-likeness (QED) is 0.422. The second kappa shape index (κ2) is 10.00. The molecule has 20 heavy (non-hydrogen) atoms. The van der Waals surface area contributed by atoms with E-state index in [0.717, 1.165) is 45.1 Å². The first kappa shape index (κ1) is 17.2. The Morgan fingerprint density at radius 3 is 2.30 bits per heavy atom. The van der Waals surface area contributed by atoms with Gasteiger partial charge in [-0.15, -0.1) is 0 Å². The minimum atomic E-state index is 0.357. The molecule has 1 rings (SSSR count). The van der Waals surface area contributed by atoms with Gasteiger partial charge in [-0.3, -0.25) is 9.89 Å². The average molecular weight is 284 g/mol. The highest BCUT2D eigenvalue weighted by molar-refractivity contribution is 5.79. The summed E-state index contributed by atoms with van der Waals surface area (Å²) >= 11 is 0. The molecule has 2 atom stereocenters. The SMILES string of the molecule is CCCCNC(=NC)NCCCN1CC(C)OC(C)C1. The third-order valence-corrected chi connectivity index (χ3v) is 3.49. The Labute approximate surface area is 124 Å². The van der Waals surface area contributed by atoms with E-state index in [4.69, 9.17) is 4.74 Å². The van der Waals surface area contributed by atoms with Gasteiger partial charge in [-0.2, -0.15) is 0 Å². The van der Waals surface area contributed by atoms with Crippen LogP contribution in [0.15, 0.2) is 4.99 Å². The molecule has 0 radical (unpaired) electrons. The van der Waals surface area contributed by atoms with Crippen LogP contribution in [-0.4, -0.2) is 62.8 Å². The highest BCUT2D eigenvalue weighted by Crippen LogP contribution is 2.10. The second-order valence-electron chi connectivity index (χ2n) is 5.65. The average Bonchev–Trinajstić information content (AvgIpc) is 2.40. The third-order valence-electron chi connectivity index (χ3n) is 3.49. The summed E-state index contributed by atoms with van der Waals surface area (Å²) in [4.78, 5) is 6.72. The van der Waals surface area contributed by atoms with Crippen molar-refractivity contribution >= 4 is 5.96 Å². The van der Waals surface area contributed by atoms with Crippen LogP contribution in [-0.2, 0) is 4.74 Å². The van der Waals surface area contributed by atoms with Crippen molar-refractivity contribution in [3.63, 3.8) is 0 Å². The summed E-state index contributed by atoms with van der Waals surface area (Å²) in [7, 11) is 1.83. The Kier molecular flexibility index (Phi) is 8.62.